The van der Waals surface area contributed by atoms with E-state index >= 15 is 0 Å². The van der Waals surface area contributed by atoms with Crippen molar-refractivity contribution in [3.8, 4) is 0 Å². The van der Waals surface area contributed by atoms with E-state index in [0.717, 1.165) is 19.3 Å². The standard InChI is InChI=1S/C23H28Cl2N2O2/c1-2-3-4-5-6-7-8-12-22(28)27-21-15-17(13-14-20(21)25)23(29)26-19-11-9-10-18(24)16-19/h9-11,13-16H,2-8,12H2,1H3,(H,26,29)(H,27,28). The molecule has 0 saturated heterocycles. The van der Waals surface area contributed by atoms with Crippen LogP contribution < -0.4 is 10.6 Å². The molecule has 0 saturated carbocycles. The number of benzene rings is 2. The van der Waals surface area contributed by atoms with Crippen molar-refractivity contribution in [1.82, 2.24) is 0 Å². The first-order chi connectivity index (χ1) is 14.0. The van der Waals surface area contributed by atoms with Crippen LogP contribution in [0.1, 0.15) is 68.6 Å². The minimum Gasteiger partial charge on any atom is -0.325 e. The van der Waals surface area contributed by atoms with Crippen LogP contribution in [0.15, 0.2) is 42.5 Å². The van der Waals surface area contributed by atoms with Crippen LogP contribution in [0.25, 0.3) is 0 Å². The predicted molar refractivity (Wildman–Crippen MR) is 122 cm³/mol. The number of carbonyl (C=O) groups is 2. The molecule has 2 aromatic carbocycles. The van der Waals surface area contributed by atoms with Gasteiger partial charge in [0.1, 0.15) is 0 Å². The minimum absolute atomic E-state index is 0.0899. The molecule has 2 aromatic rings. The first-order valence-corrected chi connectivity index (χ1v) is 10.9. The molecule has 0 aliphatic carbocycles. The maximum absolute atomic E-state index is 12.5. The molecule has 0 bridgehead atoms. The summed E-state index contributed by atoms with van der Waals surface area (Å²) in [7, 11) is 0. The topological polar surface area (TPSA) is 58.2 Å². The molecule has 0 aliphatic heterocycles. The van der Waals surface area contributed by atoms with Gasteiger partial charge in [-0.2, -0.15) is 0 Å². The fraction of sp³-hybridized carbons (Fsp3) is 0.391. The van der Waals surface area contributed by atoms with Crippen LogP contribution in [-0.4, -0.2) is 11.8 Å². The van der Waals surface area contributed by atoms with E-state index in [-0.39, 0.29) is 11.8 Å². The third-order valence-electron chi connectivity index (χ3n) is 4.59. The molecule has 0 heterocycles. The quantitative estimate of drug-likeness (QED) is 0.363. The third-order valence-corrected chi connectivity index (χ3v) is 5.16. The van der Waals surface area contributed by atoms with Gasteiger partial charge in [-0.1, -0.05) is 74.7 Å². The highest BCUT2D eigenvalue weighted by Gasteiger charge is 2.12. The number of halogens is 2. The number of amides is 2. The van der Waals surface area contributed by atoms with Gasteiger partial charge in [0.25, 0.3) is 5.91 Å². The summed E-state index contributed by atoms with van der Waals surface area (Å²) < 4.78 is 0. The van der Waals surface area contributed by atoms with Gasteiger partial charge in [0.05, 0.1) is 10.7 Å². The van der Waals surface area contributed by atoms with Crippen LogP contribution in [-0.2, 0) is 4.79 Å². The molecule has 0 spiro atoms. The molecular formula is C23H28Cl2N2O2. The molecule has 156 valence electrons. The maximum Gasteiger partial charge on any atom is 0.255 e. The van der Waals surface area contributed by atoms with Gasteiger partial charge in [-0.3, -0.25) is 9.59 Å². The summed E-state index contributed by atoms with van der Waals surface area (Å²) >= 11 is 12.1. The number of anilines is 2. The number of nitrogens with one attached hydrogen (secondary N) is 2. The molecular weight excluding hydrogens is 407 g/mol. The van der Waals surface area contributed by atoms with E-state index in [2.05, 4.69) is 17.6 Å². The van der Waals surface area contributed by atoms with Gasteiger partial charge in [-0.05, 0) is 42.8 Å². The Balaban J connectivity index is 1.86. The first-order valence-electron chi connectivity index (χ1n) is 10.2. The Morgan fingerprint density at radius 3 is 2.31 bits per heavy atom. The monoisotopic (exact) mass is 434 g/mol. The Bertz CT molecular complexity index is 824. The molecule has 0 atom stereocenters. The van der Waals surface area contributed by atoms with Gasteiger partial charge in [0.15, 0.2) is 0 Å². The van der Waals surface area contributed by atoms with Gasteiger partial charge >= 0.3 is 0 Å². The minimum atomic E-state index is -0.300. The summed E-state index contributed by atoms with van der Waals surface area (Å²) in [6, 6.07) is 11.7. The number of unbranched alkanes of at least 4 members (excludes halogenated alkanes) is 6. The zero-order valence-electron chi connectivity index (χ0n) is 16.8. The SMILES string of the molecule is CCCCCCCCCC(=O)Nc1cc(C(=O)Nc2cccc(Cl)c2)ccc1Cl. The highest BCUT2D eigenvalue weighted by atomic mass is 35.5. The predicted octanol–water partition coefficient (Wildman–Crippen LogP) is 7.32. The summed E-state index contributed by atoms with van der Waals surface area (Å²) in [5, 5.41) is 6.54. The van der Waals surface area contributed by atoms with Gasteiger partial charge in [-0.25, -0.2) is 0 Å². The van der Waals surface area contributed by atoms with E-state index in [0.29, 0.717) is 33.4 Å². The van der Waals surface area contributed by atoms with Crippen molar-refractivity contribution in [2.75, 3.05) is 10.6 Å². The van der Waals surface area contributed by atoms with Crippen molar-refractivity contribution in [3.63, 3.8) is 0 Å². The van der Waals surface area contributed by atoms with E-state index in [1.807, 2.05) is 0 Å². The molecule has 4 nitrogen and oxygen atoms in total. The van der Waals surface area contributed by atoms with Gasteiger partial charge in [-0.15, -0.1) is 0 Å². The Hall–Kier alpha value is -2.04. The van der Waals surface area contributed by atoms with E-state index < -0.39 is 0 Å². The van der Waals surface area contributed by atoms with Crippen molar-refractivity contribution in [2.24, 2.45) is 0 Å². The lowest BCUT2D eigenvalue weighted by Gasteiger charge is -2.10. The molecule has 0 fully saturated rings. The van der Waals surface area contributed by atoms with E-state index in [1.54, 1.807) is 42.5 Å². The Morgan fingerprint density at radius 1 is 0.862 bits per heavy atom. The van der Waals surface area contributed by atoms with Crippen molar-refractivity contribution >= 4 is 46.4 Å². The largest absolute Gasteiger partial charge is 0.325 e. The number of hydrogen-bond acceptors (Lipinski definition) is 2. The zero-order valence-corrected chi connectivity index (χ0v) is 18.3. The van der Waals surface area contributed by atoms with E-state index in [1.165, 1.54) is 25.7 Å². The second-order valence-corrected chi connectivity index (χ2v) is 7.92. The number of rotatable bonds is 11. The highest BCUT2D eigenvalue weighted by molar-refractivity contribution is 6.34. The summed E-state index contributed by atoms with van der Waals surface area (Å²) in [5.41, 5.74) is 1.45. The first kappa shape index (κ1) is 23.2. The normalized spacial score (nSPS) is 10.6. The van der Waals surface area contributed by atoms with Crippen LogP contribution in [0.4, 0.5) is 11.4 Å². The second kappa shape index (κ2) is 12.5. The van der Waals surface area contributed by atoms with E-state index in [4.69, 9.17) is 23.2 Å². The smallest absolute Gasteiger partial charge is 0.255 e. The molecule has 0 radical (unpaired) electrons. The summed E-state index contributed by atoms with van der Waals surface area (Å²) in [6.07, 6.45) is 8.51. The summed E-state index contributed by atoms with van der Waals surface area (Å²) in [5.74, 6) is -0.389. The fourth-order valence-electron chi connectivity index (χ4n) is 2.99. The number of hydrogen-bond donors (Lipinski definition) is 2. The molecule has 6 heteroatoms. The highest BCUT2D eigenvalue weighted by Crippen LogP contribution is 2.24. The summed E-state index contributed by atoms with van der Waals surface area (Å²) in [6.45, 7) is 2.20. The Morgan fingerprint density at radius 2 is 1.59 bits per heavy atom. The lowest BCUT2D eigenvalue weighted by Crippen LogP contribution is -2.14. The molecule has 2 N–H and O–H groups in total. The molecule has 0 unspecified atom stereocenters. The van der Waals surface area contributed by atoms with Crippen LogP contribution in [0.3, 0.4) is 0 Å². The average molecular weight is 435 g/mol. The lowest BCUT2D eigenvalue weighted by atomic mass is 10.1. The molecule has 29 heavy (non-hydrogen) atoms. The van der Waals surface area contributed by atoms with Gasteiger partial charge in [0, 0.05) is 22.7 Å². The Labute approximate surface area is 183 Å². The second-order valence-electron chi connectivity index (χ2n) is 7.08. The fourth-order valence-corrected chi connectivity index (χ4v) is 3.34. The molecule has 0 aromatic heterocycles. The van der Waals surface area contributed by atoms with Crippen LogP contribution in [0.5, 0.6) is 0 Å². The summed E-state index contributed by atoms with van der Waals surface area (Å²) in [4.78, 5) is 24.7. The Kier molecular flexibility index (Phi) is 10.0. The van der Waals surface area contributed by atoms with Crippen LogP contribution in [0.2, 0.25) is 10.0 Å². The van der Waals surface area contributed by atoms with E-state index in [9.17, 15) is 9.59 Å². The van der Waals surface area contributed by atoms with Gasteiger partial charge < -0.3 is 10.6 Å². The zero-order chi connectivity index (χ0) is 21.1. The average Bonchev–Trinajstić information content (AvgIpc) is 2.69. The molecule has 2 amide bonds. The third kappa shape index (κ3) is 8.46. The van der Waals surface area contributed by atoms with Crippen molar-refractivity contribution in [3.05, 3.63) is 58.1 Å². The van der Waals surface area contributed by atoms with Crippen molar-refractivity contribution < 1.29 is 9.59 Å². The molecule has 0 aliphatic rings. The van der Waals surface area contributed by atoms with Crippen molar-refractivity contribution in [1.29, 1.82) is 0 Å². The number of carbonyl (C=O) groups excluding carboxylic acids is 2. The van der Waals surface area contributed by atoms with Crippen LogP contribution >= 0.6 is 23.2 Å². The van der Waals surface area contributed by atoms with Crippen molar-refractivity contribution in [2.45, 2.75) is 58.3 Å². The lowest BCUT2D eigenvalue weighted by molar-refractivity contribution is -0.116. The van der Waals surface area contributed by atoms with Gasteiger partial charge in [0.2, 0.25) is 5.91 Å². The molecule has 2 rings (SSSR count). The maximum atomic E-state index is 12.5. The van der Waals surface area contributed by atoms with Crippen LogP contribution in [0, 0.1) is 0 Å².